The van der Waals surface area contributed by atoms with Gasteiger partial charge >= 0.3 is 12.1 Å². The Balaban J connectivity index is 2.13. The lowest BCUT2D eigenvalue weighted by Crippen LogP contribution is -2.31. The minimum atomic E-state index is -0.678. The lowest BCUT2D eigenvalue weighted by molar-refractivity contribution is -0.141. The van der Waals surface area contributed by atoms with Gasteiger partial charge in [0.05, 0.1) is 41.8 Å². The largest absolute Gasteiger partial charge is 0.508 e. The van der Waals surface area contributed by atoms with Crippen molar-refractivity contribution in [3.05, 3.63) is 57.6 Å². The zero-order chi connectivity index (χ0) is 23.7. The van der Waals surface area contributed by atoms with Gasteiger partial charge in [-0.05, 0) is 36.2 Å². The number of rotatable bonds is 9. The quantitative estimate of drug-likeness (QED) is 0.339. The third kappa shape index (κ3) is 7.32. The fourth-order valence-corrected chi connectivity index (χ4v) is 3.41. The first-order valence-corrected chi connectivity index (χ1v) is 10.6. The molecule has 2 amide bonds. The van der Waals surface area contributed by atoms with E-state index in [0.717, 1.165) is 12.8 Å². The molecular weight excluding hydrogens is 459 g/mol. The Hall–Kier alpha value is -2.97. The number of phenolic OH excluding ortho intramolecular Hbond substituents is 1. The van der Waals surface area contributed by atoms with Gasteiger partial charge in [-0.3, -0.25) is 9.59 Å². The van der Waals surface area contributed by atoms with Crippen LogP contribution in [0.3, 0.4) is 0 Å². The van der Waals surface area contributed by atoms with Gasteiger partial charge in [0.25, 0.3) is 5.91 Å². The fourth-order valence-electron chi connectivity index (χ4n) is 2.76. The second-order valence-electron chi connectivity index (χ2n) is 6.83. The van der Waals surface area contributed by atoms with Crippen LogP contribution in [0.4, 0.5) is 10.5 Å². The number of hydrogen-bond acceptors (Lipinski definition) is 6. The zero-order valence-electron chi connectivity index (χ0n) is 17.6. The summed E-state index contributed by atoms with van der Waals surface area (Å²) in [5.41, 5.74) is 1.07. The molecule has 1 atom stereocenters. The van der Waals surface area contributed by atoms with E-state index in [1.807, 2.05) is 6.92 Å². The molecule has 0 fully saturated rings. The standard InChI is InChI=1S/C22H24Cl2N2O6/c1-3-4-9-32-22(30)26-18(12-19(28)31-2)13-5-7-14(8-6-13)25-21(29)20-16(23)10-15(27)11-17(20)24/h5-8,10-11,18,27H,3-4,9,12H2,1-2H3,(H,25,29)(H,26,30). The number of alkyl carbamates (subject to hydrolysis) is 1. The summed E-state index contributed by atoms with van der Waals surface area (Å²) in [4.78, 5) is 36.4. The number of nitrogens with one attached hydrogen (secondary N) is 2. The molecular formula is C22H24Cl2N2O6. The summed E-state index contributed by atoms with van der Waals surface area (Å²) in [6.07, 6.45) is 0.885. The van der Waals surface area contributed by atoms with Gasteiger partial charge < -0.3 is 25.2 Å². The smallest absolute Gasteiger partial charge is 0.407 e. The van der Waals surface area contributed by atoms with Gasteiger partial charge in [-0.15, -0.1) is 0 Å². The Bertz CT molecular complexity index is 942. The molecule has 8 nitrogen and oxygen atoms in total. The molecule has 1 unspecified atom stereocenters. The molecule has 0 heterocycles. The molecule has 0 aliphatic rings. The molecule has 0 saturated heterocycles. The van der Waals surface area contributed by atoms with Crippen molar-refractivity contribution in [1.29, 1.82) is 0 Å². The van der Waals surface area contributed by atoms with Crippen LogP contribution in [0, 0.1) is 0 Å². The number of amides is 2. The van der Waals surface area contributed by atoms with Crippen LogP contribution < -0.4 is 10.6 Å². The Labute approximate surface area is 195 Å². The van der Waals surface area contributed by atoms with Crippen molar-refractivity contribution in [3.8, 4) is 5.75 Å². The van der Waals surface area contributed by atoms with Crippen molar-refractivity contribution in [2.45, 2.75) is 32.2 Å². The van der Waals surface area contributed by atoms with Crippen LogP contribution in [0.2, 0.25) is 10.0 Å². The van der Waals surface area contributed by atoms with E-state index in [1.54, 1.807) is 24.3 Å². The fraction of sp³-hybridized carbons (Fsp3) is 0.318. The van der Waals surface area contributed by atoms with Gasteiger partial charge in [0.1, 0.15) is 5.75 Å². The van der Waals surface area contributed by atoms with Crippen molar-refractivity contribution >= 4 is 46.9 Å². The second kappa shape index (κ2) is 12.2. The molecule has 0 saturated carbocycles. The number of hydrogen-bond donors (Lipinski definition) is 3. The molecule has 0 bridgehead atoms. The van der Waals surface area contributed by atoms with Crippen LogP contribution in [-0.4, -0.2) is 36.8 Å². The van der Waals surface area contributed by atoms with Gasteiger partial charge in [-0.1, -0.05) is 48.7 Å². The van der Waals surface area contributed by atoms with Crippen LogP contribution in [0.5, 0.6) is 5.75 Å². The minimum absolute atomic E-state index is 0.00745. The number of ether oxygens (including phenoxy) is 2. The molecule has 0 radical (unpaired) electrons. The third-order valence-corrected chi connectivity index (χ3v) is 5.04. The summed E-state index contributed by atoms with van der Waals surface area (Å²) in [6.45, 7) is 2.26. The van der Waals surface area contributed by atoms with Crippen molar-refractivity contribution in [1.82, 2.24) is 5.32 Å². The first kappa shape index (κ1) is 25.3. The van der Waals surface area contributed by atoms with E-state index < -0.39 is 24.0 Å². The van der Waals surface area contributed by atoms with Gasteiger partial charge in [0.2, 0.25) is 0 Å². The van der Waals surface area contributed by atoms with E-state index >= 15 is 0 Å². The number of esters is 1. The van der Waals surface area contributed by atoms with E-state index in [1.165, 1.54) is 19.2 Å². The topological polar surface area (TPSA) is 114 Å². The van der Waals surface area contributed by atoms with Gasteiger partial charge in [0.15, 0.2) is 0 Å². The maximum absolute atomic E-state index is 12.5. The Morgan fingerprint density at radius 2 is 1.72 bits per heavy atom. The SMILES string of the molecule is CCCCOC(=O)NC(CC(=O)OC)c1ccc(NC(=O)c2c(Cl)cc(O)cc2Cl)cc1. The summed E-state index contributed by atoms with van der Waals surface area (Å²) in [5, 5.41) is 14.8. The Morgan fingerprint density at radius 1 is 1.09 bits per heavy atom. The average Bonchev–Trinajstić information content (AvgIpc) is 2.73. The molecule has 2 aromatic rings. The first-order chi connectivity index (χ1) is 15.2. The number of aromatic hydroxyl groups is 1. The highest BCUT2D eigenvalue weighted by Gasteiger charge is 2.21. The van der Waals surface area contributed by atoms with Gasteiger partial charge in [-0.2, -0.15) is 0 Å². The van der Waals surface area contributed by atoms with E-state index in [2.05, 4.69) is 10.6 Å². The zero-order valence-corrected chi connectivity index (χ0v) is 19.1. The van der Waals surface area contributed by atoms with E-state index in [4.69, 9.17) is 32.7 Å². The lowest BCUT2D eigenvalue weighted by Gasteiger charge is -2.18. The highest BCUT2D eigenvalue weighted by molar-refractivity contribution is 6.40. The van der Waals surface area contributed by atoms with Gasteiger partial charge in [0, 0.05) is 5.69 Å². The molecule has 172 valence electrons. The highest BCUT2D eigenvalue weighted by Crippen LogP contribution is 2.30. The summed E-state index contributed by atoms with van der Waals surface area (Å²) < 4.78 is 9.81. The van der Waals surface area contributed by atoms with E-state index in [9.17, 15) is 19.5 Å². The maximum Gasteiger partial charge on any atom is 0.407 e. The number of anilines is 1. The van der Waals surface area contributed by atoms with Crippen LogP contribution in [-0.2, 0) is 14.3 Å². The number of benzene rings is 2. The first-order valence-electron chi connectivity index (χ1n) is 9.84. The number of phenols is 1. The summed E-state index contributed by atoms with van der Waals surface area (Å²) in [7, 11) is 1.26. The number of methoxy groups -OCH3 is 1. The Kier molecular flexibility index (Phi) is 9.61. The summed E-state index contributed by atoms with van der Waals surface area (Å²) in [5.74, 6) is -1.22. The normalized spacial score (nSPS) is 11.4. The predicted octanol–water partition coefficient (Wildman–Crippen LogP) is 5.08. The van der Waals surface area contributed by atoms with Gasteiger partial charge in [-0.25, -0.2) is 4.79 Å². The third-order valence-electron chi connectivity index (χ3n) is 4.45. The van der Waals surface area contributed by atoms with Crippen LogP contribution >= 0.6 is 23.2 Å². The maximum atomic E-state index is 12.5. The second-order valence-corrected chi connectivity index (χ2v) is 7.64. The predicted molar refractivity (Wildman–Crippen MR) is 121 cm³/mol. The molecule has 3 N–H and O–H groups in total. The van der Waals surface area contributed by atoms with E-state index in [-0.39, 0.29) is 34.4 Å². The average molecular weight is 483 g/mol. The van der Waals surface area contributed by atoms with Crippen molar-refractivity contribution < 1.29 is 29.0 Å². The Morgan fingerprint density at radius 3 is 2.28 bits per heavy atom. The van der Waals surface area contributed by atoms with Crippen molar-refractivity contribution in [2.75, 3.05) is 19.0 Å². The van der Waals surface area contributed by atoms with Crippen LogP contribution in [0.25, 0.3) is 0 Å². The summed E-state index contributed by atoms with van der Waals surface area (Å²) in [6, 6.07) is 8.25. The van der Waals surface area contributed by atoms with Crippen molar-refractivity contribution in [2.24, 2.45) is 0 Å². The molecule has 32 heavy (non-hydrogen) atoms. The monoisotopic (exact) mass is 482 g/mol. The highest BCUT2D eigenvalue weighted by atomic mass is 35.5. The number of halogens is 2. The van der Waals surface area contributed by atoms with Crippen LogP contribution in [0.1, 0.15) is 48.1 Å². The lowest BCUT2D eigenvalue weighted by atomic mass is 10.0. The van der Waals surface area contributed by atoms with Crippen LogP contribution in [0.15, 0.2) is 36.4 Å². The molecule has 0 aliphatic heterocycles. The minimum Gasteiger partial charge on any atom is -0.508 e. The van der Waals surface area contributed by atoms with E-state index in [0.29, 0.717) is 11.3 Å². The number of unbranched alkanes of at least 4 members (excludes halogenated alkanes) is 1. The molecule has 10 heteroatoms. The molecule has 0 aliphatic carbocycles. The van der Waals surface area contributed by atoms with Crippen molar-refractivity contribution in [3.63, 3.8) is 0 Å². The molecule has 0 spiro atoms. The number of carbonyl (C=O) groups excluding carboxylic acids is 3. The number of carbonyl (C=O) groups is 3. The molecule has 0 aromatic heterocycles. The molecule has 2 rings (SSSR count). The molecule has 2 aromatic carbocycles. The summed E-state index contributed by atoms with van der Waals surface area (Å²) >= 11 is 12.0.